The van der Waals surface area contributed by atoms with Gasteiger partial charge in [0.05, 0.1) is 12.0 Å². The van der Waals surface area contributed by atoms with E-state index in [-0.39, 0.29) is 12.2 Å². The number of Topliss-reactive ketones (excluding diaryl/α,β-unsaturated/α-hetero) is 1. The molecule has 0 heterocycles. The highest BCUT2D eigenvalue weighted by Crippen LogP contribution is 2.21. The molecule has 0 unspecified atom stereocenters. The van der Waals surface area contributed by atoms with Gasteiger partial charge in [0, 0.05) is 0 Å². The first-order valence-corrected chi connectivity index (χ1v) is 6.65. The van der Waals surface area contributed by atoms with Crippen molar-refractivity contribution in [1.29, 1.82) is 0 Å². The van der Waals surface area contributed by atoms with Gasteiger partial charge < -0.3 is 4.74 Å². The molecule has 0 N–H and O–H groups in total. The first-order chi connectivity index (χ1) is 8.67. The van der Waals surface area contributed by atoms with Gasteiger partial charge in [0.25, 0.3) is 0 Å². The van der Waals surface area contributed by atoms with Crippen molar-refractivity contribution in [3.63, 3.8) is 0 Å². The molecule has 1 aromatic carbocycles. The van der Waals surface area contributed by atoms with Crippen molar-refractivity contribution >= 4 is 29.6 Å². The van der Waals surface area contributed by atoms with Gasteiger partial charge in [-0.05, 0) is 17.4 Å². The first-order valence-electron chi connectivity index (χ1n) is 5.67. The molecule has 1 aromatic rings. The summed E-state index contributed by atoms with van der Waals surface area (Å²) in [4.78, 5) is 23.6. The highest BCUT2D eigenvalue weighted by molar-refractivity contribution is 8.04. The molecule has 0 radical (unpaired) electrons. The lowest BCUT2D eigenvalue weighted by atomic mass is 10.2. The summed E-state index contributed by atoms with van der Waals surface area (Å²) in [6.07, 6.45) is 1.60. The number of thioether (sulfide) groups is 1. The predicted molar refractivity (Wildman–Crippen MR) is 74.2 cm³/mol. The van der Waals surface area contributed by atoms with Gasteiger partial charge in [0.15, 0.2) is 5.78 Å². The number of hydrogen-bond donors (Lipinski definition) is 0. The first kappa shape index (κ1) is 14.5. The molecular weight excluding hydrogens is 248 g/mol. The largest absolute Gasteiger partial charge is 0.469 e. The molecule has 3 nitrogen and oxygen atoms in total. The summed E-state index contributed by atoms with van der Waals surface area (Å²) < 4.78 is 4.50. The van der Waals surface area contributed by atoms with Crippen LogP contribution in [-0.4, -0.2) is 24.6 Å². The molecule has 18 heavy (non-hydrogen) atoms. The van der Waals surface area contributed by atoms with Crippen LogP contribution in [0.1, 0.15) is 18.9 Å². The smallest absolute Gasteiger partial charge is 0.313 e. The maximum Gasteiger partial charge on any atom is 0.313 e. The lowest BCUT2D eigenvalue weighted by Crippen LogP contribution is -2.10. The molecule has 96 valence electrons. The lowest BCUT2D eigenvalue weighted by molar-refractivity contribution is -0.142. The lowest BCUT2D eigenvalue weighted by Gasteiger charge is -2.04. The number of methoxy groups -OCH3 is 1. The highest BCUT2D eigenvalue weighted by Gasteiger charge is 2.14. The van der Waals surface area contributed by atoms with Crippen LogP contribution in [0.2, 0.25) is 0 Å². The molecule has 0 bridgehead atoms. The maximum atomic E-state index is 11.9. The van der Waals surface area contributed by atoms with Crippen molar-refractivity contribution in [2.24, 2.45) is 0 Å². The summed E-state index contributed by atoms with van der Waals surface area (Å²) in [6.45, 7) is 1.97. The Labute approximate surface area is 111 Å². The van der Waals surface area contributed by atoms with E-state index in [1.165, 1.54) is 18.9 Å². The Morgan fingerprint density at radius 2 is 1.94 bits per heavy atom. The summed E-state index contributed by atoms with van der Waals surface area (Å²) >= 11 is 1.44. The summed E-state index contributed by atoms with van der Waals surface area (Å²) in [5.41, 5.74) is 0.951. The minimum atomic E-state index is -0.504. The molecule has 0 fully saturated rings. The molecule has 0 aliphatic carbocycles. The predicted octanol–water partition coefficient (Wildman–Crippen LogP) is 2.91. The standard InChI is InChI=1S/C14H16O3S/c1-3-18-13(12(15)10-14(16)17-2)9-11-7-5-4-6-8-11/h4-9H,3,10H2,1-2H3. The number of esters is 1. The molecule has 0 saturated heterocycles. The van der Waals surface area contributed by atoms with Crippen molar-refractivity contribution < 1.29 is 14.3 Å². The quantitative estimate of drug-likeness (QED) is 0.450. The van der Waals surface area contributed by atoms with Crippen LogP contribution in [0.3, 0.4) is 0 Å². The normalized spacial score (nSPS) is 11.1. The van der Waals surface area contributed by atoms with E-state index in [9.17, 15) is 9.59 Å². The van der Waals surface area contributed by atoms with Gasteiger partial charge in [0.2, 0.25) is 0 Å². The van der Waals surface area contributed by atoms with Gasteiger partial charge in [-0.15, -0.1) is 11.8 Å². The van der Waals surface area contributed by atoms with Crippen LogP contribution in [0.25, 0.3) is 6.08 Å². The molecule has 0 aliphatic rings. The number of carbonyl (C=O) groups excluding carboxylic acids is 2. The van der Waals surface area contributed by atoms with Crippen LogP contribution < -0.4 is 0 Å². The SMILES string of the molecule is CCSC(=Cc1ccccc1)C(=O)CC(=O)OC. The van der Waals surface area contributed by atoms with E-state index in [4.69, 9.17) is 0 Å². The number of allylic oxidation sites excluding steroid dienone is 1. The van der Waals surface area contributed by atoms with E-state index < -0.39 is 5.97 Å². The van der Waals surface area contributed by atoms with Crippen molar-refractivity contribution in [2.75, 3.05) is 12.9 Å². The van der Waals surface area contributed by atoms with Crippen molar-refractivity contribution in [3.05, 3.63) is 40.8 Å². The highest BCUT2D eigenvalue weighted by atomic mass is 32.2. The number of hydrogen-bond acceptors (Lipinski definition) is 4. The second-order valence-electron chi connectivity index (χ2n) is 3.53. The van der Waals surface area contributed by atoms with Crippen molar-refractivity contribution in [3.8, 4) is 0 Å². The van der Waals surface area contributed by atoms with Crippen LogP contribution in [0.15, 0.2) is 35.2 Å². The Hall–Kier alpha value is -1.55. The van der Waals surface area contributed by atoms with Crippen LogP contribution in [0, 0.1) is 0 Å². The summed E-state index contributed by atoms with van der Waals surface area (Å²) in [5.74, 6) is 0.0826. The van der Waals surface area contributed by atoms with E-state index >= 15 is 0 Å². The fraction of sp³-hybridized carbons (Fsp3) is 0.286. The van der Waals surface area contributed by atoms with Crippen LogP contribution in [0.5, 0.6) is 0 Å². The third-order valence-corrected chi connectivity index (χ3v) is 3.15. The fourth-order valence-electron chi connectivity index (χ4n) is 1.35. The number of ether oxygens (including phenoxy) is 1. The van der Waals surface area contributed by atoms with E-state index in [1.54, 1.807) is 6.08 Å². The zero-order valence-electron chi connectivity index (χ0n) is 10.5. The van der Waals surface area contributed by atoms with Crippen LogP contribution in [-0.2, 0) is 14.3 Å². The molecular formula is C14H16O3S. The van der Waals surface area contributed by atoms with Gasteiger partial charge >= 0.3 is 5.97 Å². The Bertz CT molecular complexity index is 438. The van der Waals surface area contributed by atoms with Crippen molar-refractivity contribution in [2.45, 2.75) is 13.3 Å². The molecule has 0 amide bonds. The number of benzene rings is 1. The minimum Gasteiger partial charge on any atom is -0.469 e. The van der Waals surface area contributed by atoms with Gasteiger partial charge in [-0.2, -0.15) is 0 Å². The summed E-state index contributed by atoms with van der Waals surface area (Å²) in [5, 5.41) is 0. The monoisotopic (exact) mass is 264 g/mol. The Kier molecular flexibility index (Phi) is 6.22. The average Bonchev–Trinajstić information content (AvgIpc) is 2.39. The topological polar surface area (TPSA) is 43.4 Å². The number of ketones is 1. The van der Waals surface area contributed by atoms with E-state index in [0.717, 1.165) is 11.3 Å². The molecule has 0 spiro atoms. The van der Waals surface area contributed by atoms with Crippen LogP contribution >= 0.6 is 11.8 Å². The summed E-state index contributed by atoms with van der Waals surface area (Å²) in [6, 6.07) is 9.57. The molecule has 0 aliphatic heterocycles. The van der Waals surface area contributed by atoms with Crippen LogP contribution in [0.4, 0.5) is 0 Å². The maximum absolute atomic E-state index is 11.9. The minimum absolute atomic E-state index is 0.197. The second kappa shape index (κ2) is 7.71. The molecule has 4 heteroatoms. The zero-order chi connectivity index (χ0) is 13.4. The van der Waals surface area contributed by atoms with Gasteiger partial charge in [-0.25, -0.2) is 0 Å². The molecule has 0 atom stereocenters. The Balaban J connectivity index is 2.85. The van der Waals surface area contributed by atoms with E-state index in [1.807, 2.05) is 37.3 Å². The van der Waals surface area contributed by atoms with E-state index in [2.05, 4.69) is 4.74 Å². The Morgan fingerprint density at radius 1 is 1.28 bits per heavy atom. The number of carbonyl (C=O) groups is 2. The van der Waals surface area contributed by atoms with E-state index in [0.29, 0.717) is 4.91 Å². The van der Waals surface area contributed by atoms with Crippen molar-refractivity contribution in [1.82, 2.24) is 0 Å². The second-order valence-corrected chi connectivity index (χ2v) is 4.83. The molecule has 0 saturated carbocycles. The van der Waals surface area contributed by atoms with Gasteiger partial charge in [0.1, 0.15) is 6.42 Å². The zero-order valence-corrected chi connectivity index (χ0v) is 11.3. The summed E-state index contributed by atoms with van der Waals surface area (Å²) in [7, 11) is 1.28. The molecule has 0 aromatic heterocycles. The average molecular weight is 264 g/mol. The number of rotatable bonds is 6. The fourth-order valence-corrected chi connectivity index (χ4v) is 2.11. The third kappa shape index (κ3) is 4.75. The van der Waals surface area contributed by atoms with Gasteiger partial charge in [-0.1, -0.05) is 37.3 Å². The molecule has 1 rings (SSSR count). The Morgan fingerprint density at radius 3 is 2.50 bits per heavy atom. The van der Waals surface area contributed by atoms with Gasteiger partial charge in [-0.3, -0.25) is 9.59 Å². The third-order valence-electron chi connectivity index (χ3n) is 2.20.